The van der Waals surface area contributed by atoms with Crippen LogP contribution in [-0.4, -0.2) is 14.2 Å². The molecule has 21 heavy (non-hydrogen) atoms. The zero-order valence-corrected chi connectivity index (χ0v) is 12.9. The highest BCUT2D eigenvalue weighted by Crippen LogP contribution is 2.42. The Labute approximate surface area is 129 Å². The van der Waals surface area contributed by atoms with Crippen LogP contribution in [0.3, 0.4) is 0 Å². The Hall–Kier alpha value is -1.71. The van der Waals surface area contributed by atoms with Crippen molar-refractivity contribution in [2.24, 2.45) is 0 Å². The van der Waals surface area contributed by atoms with E-state index in [0.29, 0.717) is 0 Å². The van der Waals surface area contributed by atoms with Crippen LogP contribution in [0.25, 0.3) is 0 Å². The van der Waals surface area contributed by atoms with E-state index in [-0.39, 0.29) is 12.1 Å². The molecule has 0 bridgehead atoms. The van der Waals surface area contributed by atoms with Gasteiger partial charge in [0.15, 0.2) is 0 Å². The Bertz CT molecular complexity index is 644. The van der Waals surface area contributed by atoms with E-state index in [1.165, 1.54) is 0 Å². The summed E-state index contributed by atoms with van der Waals surface area (Å²) in [6, 6.07) is 14.1. The third-order valence-electron chi connectivity index (χ3n) is 3.88. The molecule has 110 valence electrons. The summed E-state index contributed by atoms with van der Waals surface area (Å²) in [4.78, 5) is 0. The predicted octanol–water partition coefficient (Wildman–Crippen LogP) is 4.13. The summed E-state index contributed by atoms with van der Waals surface area (Å²) in [6.45, 7) is 0. The molecule has 0 aliphatic carbocycles. The number of benzene rings is 2. The first-order valence-corrected chi connectivity index (χ1v) is 7.36. The molecule has 0 spiro atoms. The summed E-state index contributed by atoms with van der Waals surface area (Å²) in [5.41, 5.74) is 2.26. The van der Waals surface area contributed by atoms with Gasteiger partial charge in [0.2, 0.25) is 0 Å². The Morgan fingerprint density at radius 1 is 1.24 bits per heavy atom. The van der Waals surface area contributed by atoms with E-state index in [1.54, 1.807) is 7.11 Å². The molecule has 2 aromatic carbocycles. The van der Waals surface area contributed by atoms with Gasteiger partial charge in [-0.25, -0.2) is 0 Å². The summed E-state index contributed by atoms with van der Waals surface area (Å²) in [5, 5.41) is 4.09. The van der Waals surface area contributed by atoms with E-state index in [9.17, 15) is 0 Å². The van der Waals surface area contributed by atoms with Crippen LogP contribution in [0.5, 0.6) is 11.5 Å². The van der Waals surface area contributed by atoms with Gasteiger partial charge >= 0.3 is 0 Å². The second-order valence-electron chi connectivity index (χ2n) is 5.14. The highest BCUT2D eigenvalue weighted by Gasteiger charge is 2.28. The van der Waals surface area contributed by atoms with Crippen molar-refractivity contribution in [3.8, 4) is 11.5 Å². The van der Waals surface area contributed by atoms with Crippen LogP contribution in [0.15, 0.2) is 42.5 Å². The van der Waals surface area contributed by atoms with Crippen LogP contribution in [-0.2, 0) is 0 Å². The Kier molecular flexibility index (Phi) is 4.04. The fourth-order valence-corrected chi connectivity index (χ4v) is 2.96. The first-order chi connectivity index (χ1) is 10.2. The van der Waals surface area contributed by atoms with Crippen LogP contribution in [0.1, 0.15) is 29.7 Å². The summed E-state index contributed by atoms with van der Waals surface area (Å²) in [5.74, 6) is 1.67. The molecule has 0 radical (unpaired) electrons. The van der Waals surface area contributed by atoms with E-state index in [2.05, 4.69) is 17.4 Å². The van der Waals surface area contributed by atoms with Crippen molar-refractivity contribution in [1.29, 1.82) is 0 Å². The summed E-state index contributed by atoms with van der Waals surface area (Å²) >= 11 is 6.09. The minimum absolute atomic E-state index is 0.0132. The van der Waals surface area contributed by atoms with Gasteiger partial charge in [-0.3, -0.25) is 0 Å². The Morgan fingerprint density at radius 2 is 2.10 bits per heavy atom. The van der Waals surface area contributed by atoms with E-state index in [1.807, 2.05) is 37.4 Å². The maximum absolute atomic E-state index is 6.17. The van der Waals surface area contributed by atoms with Gasteiger partial charge in [-0.15, -0.1) is 0 Å². The number of methoxy groups -OCH3 is 1. The van der Waals surface area contributed by atoms with E-state index >= 15 is 0 Å². The van der Waals surface area contributed by atoms with Crippen LogP contribution in [0.2, 0.25) is 5.02 Å². The number of nitrogens with one attached hydrogen (secondary N) is 1. The molecule has 0 saturated carbocycles. The molecular weight excluding hydrogens is 286 g/mol. The summed E-state index contributed by atoms with van der Waals surface area (Å²) in [6.07, 6.45) is 0.858. The molecule has 1 N–H and O–H groups in total. The molecule has 1 heterocycles. The van der Waals surface area contributed by atoms with Gasteiger partial charge in [-0.05, 0) is 30.8 Å². The maximum atomic E-state index is 6.17. The van der Waals surface area contributed by atoms with Crippen LogP contribution in [0.4, 0.5) is 0 Å². The van der Waals surface area contributed by atoms with Gasteiger partial charge in [0.25, 0.3) is 0 Å². The SMILES string of the molecule is CNC1CC(c2cccc(Cl)c2)Oc2cc(OC)ccc21. The summed E-state index contributed by atoms with van der Waals surface area (Å²) in [7, 11) is 3.63. The first kappa shape index (κ1) is 14.2. The van der Waals surface area contributed by atoms with Gasteiger partial charge in [0.05, 0.1) is 7.11 Å². The molecule has 0 saturated heterocycles. The molecule has 2 aromatic rings. The van der Waals surface area contributed by atoms with Gasteiger partial charge in [0.1, 0.15) is 17.6 Å². The quantitative estimate of drug-likeness (QED) is 0.924. The number of fused-ring (bicyclic) bond motifs is 1. The van der Waals surface area contributed by atoms with Crippen molar-refractivity contribution < 1.29 is 9.47 Å². The lowest BCUT2D eigenvalue weighted by atomic mass is 9.93. The Morgan fingerprint density at radius 3 is 2.81 bits per heavy atom. The molecule has 3 rings (SSSR count). The predicted molar refractivity (Wildman–Crippen MR) is 84.2 cm³/mol. The largest absolute Gasteiger partial charge is 0.497 e. The zero-order valence-electron chi connectivity index (χ0n) is 12.1. The topological polar surface area (TPSA) is 30.5 Å². The number of hydrogen-bond donors (Lipinski definition) is 1. The second-order valence-corrected chi connectivity index (χ2v) is 5.58. The first-order valence-electron chi connectivity index (χ1n) is 6.98. The Balaban J connectivity index is 1.97. The lowest BCUT2D eigenvalue weighted by Crippen LogP contribution is -2.26. The van der Waals surface area contributed by atoms with Crippen molar-refractivity contribution in [2.75, 3.05) is 14.2 Å². The van der Waals surface area contributed by atoms with Gasteiger partial charge < -0.3 is 14.8 Å². The lowest BCUT2D eigenvalue weighted by molar-refractivity contribution is 0.153. The fraction of sp³-hybridized carbons (Fsp3) is 0.294. The number of hydrogen-bond acceptors (Lipinski definition) is 3. The van der Waals surface area contributed by atoms with Crippen molar-refractivity contribution in [3.05, 3.63) is 58.6 Å². The van der Waals surface area contributed by atoms with Crippen molar-refractivity contribution in [2.45, 2.75) is 18.6 Å². The van der Waals surface area contributed by atoms with Crippen LogP contribution in [0, 0.1) is 0 Å². The average Bonchev–Trinajstić information content (AvgIpc) is 2.53. The van der Waals surface area contributed by atoms with Crippen molar-refractivity contribution in [3.63, 3.8) is 0 Å². The molecule has 1 aliphatic rings. The average molecular weight is 304 g/mol. The molecule has 0 amide bonds. The number of rotatable bonds is 3. The van der Waals surface area contributed by atoms with Crippen LogP contribution < -0.4 is 14.8 Å². The minimum atomic E-state index is -0.0132. The molecule has 1 aliphatic heterocycles. The second kappa shape index (κ2) is 5.96. The van der Waals surface area contributed by atoms with E-state index in [4.69, 9.17) is 21.1 Å². The molecule has 2 unspecified atom stereocenters. The van der Waals surface area contributed by atoms with E-state index in [0.717, 1.165) is 34.1 Å². The molecule has 3 nitrogen and oxygen atoms in total. The molecule has 4 heteroatoms. The molecule has 0 aromatic heterocycles. The third kappa shape index (κ3) is 2.85. The highest BCUT2D eigenvalue weighted by molar-refractivity contribution is 6.30. The van der Waals surface area contributed by atoms with Crippen molar-refractivity contribution in [1.82, 2.24) is 5.32 Å². The molecular formula is C17H18ClNO2. The molecule has 2 atom stereocenters. The minimum Gasteiger partial charge on any atom is -0.497 e. The monoisotopic (exact) mass is 303 g/mol. The van der Waals surface area contributed by atoms with Gasteiger partial charge in [-0.2, -0.15) is 0 Å². The van der Waals surface area contributed by atoms with Gasteiger partial charge in [-0.1, -0.05) is 29.8 Å². The third-order valence-corrected chi connectivity index (χ3v) is 4.12. The van der Waals surface area contributed by atoms with Crippen LogP contribution >= 0.6 is 11.6 Å². The number of ether oxygens (including phenoxy) is 2. The van der Waals surface area contributed by atoms with E-state index < -0.39 is 0 Å². The normalized spacial score (nSPS) is 20.5. The lowest BCUT2D eigenvalue weighted by Gasteiger charge is -2.32. The zero-order chi connectivity index (χ0) is 14.8. The fourth-order valence-electron chi connectivity index (χ4n) is 2.76. The summed E-state index contributed by atoms with van der Waals surface area (Å²) < 4.78 is 11.5. The molecule has 0 fully saturated rings. The standard InChI is InChI=1S/C17H18ClNO2/c1-19-15-10-16(11-4-3-5-12(18)8-11)21-17-9-13(20-2)6-7-14(15)17/h3-9,15-16,19H,10H2,1-2H3. The number of halogens is 1. The highest BCUT2D eigenvalue weighted by atomic mass is 35.5. The van der Waals surface area contributed by atoms with Gasteiger partial charge in [0, 0.05) is 29.1 Å². The smallest absolute Gasteiger partial charge is 0.128 e. The maximum Gasteiger partial charge on any atom is 0.128 e. The van der Waals surface area contributed by atoms with Crippen molar-refractivity contribution >= 4 is 11.6 Å².